The molecule has 0 radical (unpaired) electrons. The van der Waals surface area contributed by atoms with Gasteiger partial charge >= 0.3 is 0 Å². The van der Waals surface area contributed by atoms with Gasteiger partial charge in [0.25, 0.3) is 0 Å². The average molecular weight is 362 g/mol. The highest BCUT2D eigenvalue weighted by Crippen LogP contribution is 2.35. The second kappa shape index (κ2) is 7.16. The number of aliphatic hydroxyl groups is 1. The molecule has 1 atom stereocenters. The Bertz CT molecular complexity index is 996. The summed E-state index contributed by atoms with van der Waals surface area (Å²) >= 11 is 6.00. The molecule has 1 aromatic heterocycles. The number of hydrogen-bond acceptors (Lipinski definition) is 3. The van der Waals surface area contributed by atoms with Gasteiger partial charge in [-0.3, -0.25) is 0 Å². The van der Waals surface area contributed by atoms with Gasteiger partial charge in [-0.15, -0.1) is 0 Å². The lowest BCUT2D eigenvalue weighted by atomic mass is 10.0. The first-order chi connectivity index (χ1) is 12.7. The van der Waals surface area contributed by atoms with Crippen molar-refractivity contribution in [3.8, 4) is 22.8 Å². The first-order valence-electron chi connectivity index (χ1n) is 8.27. The van der Waals surface area contributed by atoms with Gasteiger partial charge in [-0.2, -0.15) is 0 Å². The second-order valence-corrected chi connectivity index (χ2v) is 6.36. The first kappa shape index (κ1) is 16.6. The maximum Gasteiger partial charge on any atom is 0.227 e. The molecular weight excluding hydrogens is 346 g/mol. The molecular formula is C22H16ClNO2. The molecule has 4 rings (SSSR count). The van der Waals surface area contributed by atoms with Gasteiger partial charge in [0.1, 0.15) is 11.8 Å². The van der Waals surface area contributed by atoms with Crippen LogP contribution in [-0.2, 0) is 0 Å². The summed E-state index contributed by atoms with van der Waals surface area (Å²) in [5, 5.41) is 11.5. The monoisotopic (exact) mass is 361 g/mol. The van der Waals surface area contributed by atoms with Crippen LogP contribution in [0.3, 0.4) is 0 Å². The van der Waals surface area contributed by atoms with Crippen molar-refractivity contribution in [3.05, 3.63) is 101 Å². The van der Waals surface area contributed by atoms with E-state index in [1.54, 1.807) is 12.1 Å². The molecule has 0 saturated heterocycles. The fraction of sp³-hybridized carbons (Fsp3) is 0.0455. The average Bonchev–Trinajstić information content (AvgIpc) is 3.15. The molecule has 0 spiro atoms. The molecule has 3 nitrogen and oxygen atoms in total. The molecule has 4 aromatic rings. The zero-order valence-corrected chi connectivity index (χ0v) is 14.6. The predicted molar refractivity (Wildman–Crippen MR) is 103 cm³/mol. The summed E-state index contributed by atoms with van der Waals surface area (Å²) in [5.74, 6) is 1.01. The molecule has 0 aliphatic rings. The minimum absolute atomic E-state index is 0.473. The summed E-state index contributed by atoms with van der Waals surface area (Å²) in [5.41, 5.74) is 2.91. The molecule has 0 aliphatic carbocycles. The molecule has 128 valence electrons. The van der Waals surface area contributed by atoms with Crippen LogP contribution in [0.4, 0.5) is 0 Å². The highest BCUT2D eigenvalue weighted by atomic mass is 35.5. The van der Waals surface area contributed by atoms with Crippen molar-refractivity contribution in [1.82, 2.24) is 4.98 Å². The van der Waals surface area contributed by atoms with Crippen LogP contribution in [-0.4, -0.2) is 10.1 Å². The van der Waals surface area contributed by atoms with E-state index in [0.29, 0.717) is 22.4 Å². The molecule has 1 N–H and O–H groups in total. The number of benzene rings is 3. The van der Waals surface area contributed by atoms with Crippen LogP contribution in [0.1, 0.15) is 17.4 Å². The normalized spacial score (nSPS) is 12.1. The minimum atomic E-state index is -0.886. The third-order valence-corrected chi connectivity index (χ3v) is 4.41. The Kier molecular flexibility index (Phi) is 4.57. The topological polar surface area (TPSA) is 46.3 Å². The van der Waals surface area contributed by atoms with Crippen LogP contribution in [0.15, 0.2) is 89.3 Å². The van der Waals surface area contributed by atoms with E-state index in [2.05, 4.69) is 4.98 Å². The van der Waals surface area contributed by atoms with Gasteiger partial charge in [0, 0.05) is 16.1 Å². The number of aromatic nitrogens is 1. The zero-order valence-electron chi connectivity index (χ0n) is 13.8. The largest absolute Gasteiger partial charge is 0.436 e. The van der Waals surface area contributed by atoms with Crippen LogP contribution in [0, 0.1) is 0 Å². The van der Waals surface area contributed by atoms with Gasteiger partial charge in [-0.1, -0.05) is 60.1 Å². The van der Waals surface area contributed by atoms with Crippen molar-refractivity contribution >= 4 is 11.6 Å². The number of aliphatic hydroxyl groups excluding tert-OH is 1. The number of nitrogens with zero attached hydrogens (tertiary/aromatic N) is 1. The Morgan fingerprint density at radius 2 is 1.38 bits per heavy atom. The van der Waals surface area contributed by atoms with Crippen LogP contribution in [0.5, 0.6) is 0 Å². The molecule has 3 aromatic carbocycles. The Morgan fingerprint density at radius 1 is 0.769 bits per heavy atom. The maximum atomic E-state index is 10.9. The van der Waals surface area contributed by atoms with Crippen molar-refractivity contribution in [2.75, 3.05) is 0 Å². The number of halogens is 1. The number of hydrogen-bond donors (Lipinski definition) is 1. The summed E-state index contributed by atoms with van der Waals surface area (Å²) in [4.78, 5) is 4.61. The quantitative estimate of drug-likeness (QED) is 0.504. The first-order valence-corrected chi connectivity index (χ1v) is 8.65. The van der Waals surface area contributed by atoms with E-state index in [0.717, 1.165) is 16.7 Å². The van der Waals surface area contributed by atoms with E-state index in [1.165, 1.54) is 0 Å². The van der Waals surface area contributed by atoms with Crippen molar-refractivity contribution in [3.63, 3.8) is 0 Å². The van der Waals surface area contributed by atoms with E-state index >= 15 is 0 Å². The van der Waals surface area contributed by atoms with E-state index in [4.69, 9.17) is 16.0 Å². The molecule has 1 heterocycles. The summed E-state index contributed by atoms with van der Waals surface area (Å²) in [7, 11) is 0. The summed E-state index contributed by atoms with van der Waals surface area (Å²) in [6, 6.07) is 26.4. The fourth-order valence-electron chi connectivity index (χ4n) is 2.82. The van der Waals surface area contributed by atoms with Crippen molar-refractivity contribution < 1.29 is 9.52 Å². The lowest BCUT2D eigenvalue weighted by Crippen LogP contribution is -2.01. The van der Waals surface area contributed by atoms with E-state index in [9.17, 15) is 5.11 Å². The Labute approximate surface area is 156 Å². The maximum absolute atomic E-state index is 10.9. The van der Waals surface area contributed by atoms with Crippen molar-refractivity contribution in [2.24, 2.45) is 0 Å². The van der Waals surface area contributed by atoms with Crippen LogP contribution < -0.4 is 0 Å². The van der Waals surface area contributed by atoms with Crippen LogP contribution in [0.25, 0.3) is 22.8 Å². The summed E-state index contributed by atoms with van der Waals surface area (Å²) in [6.07, 6.45) is -0.886. The fourth-order valence-corrected chi connectivity index (χ4v) is 2.95. The van der Waals surface area contributed by atoms with Crippen LogP contribution >= 0.6 is 11.6 Å². The number of rotatable bonds is 4. The predicted octanol–water partition coefficient (Wildman–Crippen LogP) is 5.74. The molecule has 1 unspecified atom stereocenters. The van der Waals surface area contributed by atoms with Crippen LogP contribution in [0.2, 0.25) is 5.02 Å². The van der Waals surface area contributed by atoms with Gasteiger partial charge < -0.3 is 9.52 Å². The van der Waals surface area contributed by atoms with Crippen molar-refractivity contribution in [1.29, 1.82) is 0 Å². The van der Waals surface area contributed by atoms with E-state index in [1.807, 2.05) is 72.8 Å². The van der Waals surface area contributed by atoms with Gasteiger partial charge in [-0.25, -0.2) is 4.98 Å². The lowest BCUT2D eigenvalue weighted by Gasteiger charge is -2.09. The molecule has 0 aliphatic heterocycles. The number of oxazole rings is 1. The molecule has 0 amide bonds. The Hall–Kier alpha value is -2.88. The summed E-state index contributed by atoms with van der Waals surface area (Å²) < 4.78 is 6.06. The Morgan fingerprint density at radius 3 is 2.04 bits per heavy atom. The molecule has 26 heavy (non-hydrogen) atoms. The molecule has 0 saturated carbocycles. The standard InChI is InChI=1S/C22H16ClNO2/c23-18-13-11-16(12-14-18)21-19(20(25)15-7-3-1-4-8-15)24-22(26-21)17-9-5-2-6-10-17/h1-14,20,25H. The third-order valence-electron chi connectivity index (χ3n) is 4.15. The smallest absolute Gasteiger partial charge is 0.227 e. The van der Waals surface area contributed by atoms with E-state index < -0.39 is 6.10 Å². The molecule has 0 bridgehead atoms. The van der Waals surface area contributed by atoms with E-state index in [-0.39, 0.29) is 0 Å². The van der Waals surface area contributed by atoms with Gasteiger partial charge in [0.05, 0.1) is 0 Å². The molecule has 0 fully saturated rings. The minimum Gasteiger partial charge on any atom is -0.436 e. The zero-order chi connectivity index (χ0) is 17.9. The Balaban J connectivity index is 1.85. The third kappa shape index (κ3) is 3.27. The van der Waals surface area contributed by atoms with Gasteiger partial charge in [0.15, 0.2) is 5.76 Å². The lowest BCUT2D eigenvalue weighted by molar-refractivity contribution is 0.216. The second-order valence-electron chi connectivity index (χ2n) is 5.92. The van der Waals surface area contributed by atoms with Gasteiger partial charge in [0.2, 0.25) is 5.89 Å². The highest BCUT2D eigenvalue weighted by molar-refractivity contribution is 6.30. The molecule has 4 heteroatoms. The highest BCUT2D eigenvalue weighted by Gasteiger charge is 2.23. The van der Waals surface area contributed by atoms with Gasteiger partial charge in [-0.05, 0) is 42.0 Å². The van der Waals surface area contributed by atoms with Crippen molar-refractivity contribution in [2.45, 2.75) is 6.10 Å². The SMILES string of the molecule is OC(c1ccccc1)c1nc(-c2ccccc2)oc1-c1ccc(Cl)cc1. The summed E-state index contributed by atoms with van der Waals surface area (Å²) in [6.45, 7) is 0.